The van der Waals surface area contributed by atoms with Gasteiger partial charge in [-0.15, -0.1) is 0 Å². The quantitative estimate of drug-likeness (QED) is 0.440. The lowest BCUT2D eigenvalue weighted by molar-refractivity contribution is -0.383. The van der Waals surface area contributed by atoms with Crippen molar-refractivity contribution in [1.82, 2.24) is 0 Å². The Kier molecular flexibility index (Phi) is 5.11. The third-order valence-electron chi connectivity index (χ3n) is 4.54. The Morgan fingerprint density at radius 2 is 2.12 bits per heavy atom. The normalized spacial score (nSPS) is 13.7. The van der Waals surface area contributed by atoms with Gasteiger partial charge in [-0.3, -0.25) is 19.7 Å². The van der Waals surface area contributed by atoms with Gasteiger partial charge in [0.25, 0.3) is 5.69 Å². The number of carbonyl (C=O) groups excluding carboxylic acids is 2. The monoisotopic (exact) mass is 352 g/mol. The van der Waals surface area contributed by atoms with Crippen LogP contribution in [0.5, 0.6) is 0 Å². The topological polar surface area (TPSA) is 89.3 Å². The SMILES string of the molecule is CCCCC(=O)c1cc2cccc([N+](=O)[O-])c2cc1NC1=CCCC1=O. The zero-order valence-electron chi connectivity index (χ0n) is 14.6. The second-order valence-electron chi connectivity index (χ2n) is 6.38. The van der Waals surface area contributed by atoms with Gasteiger partial charge in [-0.1, -0.05) is 31.6 Å². The highest BCUT2D eigenvalue weighted by Crippen LogP contribution is 2.33. The Balaban J connectivity index is 2.13. The van der Waals surface area contributed by atoms with E-state index in [2.05, 4.69) is 5.32 Å². The largest absolute Gasteiger partial charge is 0.352 e. The van der Waals surface area contributed by atoms with E-state index >= 15 is 0 Å². The molecule has 0 bridgehead atoms. The predicted molar refractivity (Wildman–Crippen MR) is 100 cm³/mol. The van der Waals surface area contributed by atoms with Crippen LogP contribution in [0.2, 0.25) is 0 Å². The maximum absolute atomic E-state index is 12.7. The van der Waals surface area contributed by atoms with Crippen molar-refractivity contribution in [3.8, 4) is 0 Å². The van der Waals surface area contributed by atoms with Crippen molar-refractivity contribution in [3.63, 3.8) is 0 Å². The second-order valence-corrected chi connectivity index (χ2v) is 6.38. The van der Waals surface area contributed by atoms with Gasteiger partial charge in [-0.05, 0) is 30.4 Å². The number of fused-ring (bicyclic) bond motifs is 1. The van der Waals surface area contributed by atoms with Crippen LogP contribution >= 0.6 is 0 Å². The zero-order valence-corrected chi connectivity index (χ0v) is 14.6. The van der Waals surface area contributed by atoms with Crippen LogP contribution in [0.4, 0.5) is 11.4 Å². The molecule has 0 radical (unpaired) electrons. The molecule has 6 nitrogen and oxygen atoms in total. The molecule has 0 spiro atoms. The summed E-state index contributed by atoms with van der Waals surface area (Å²) in [6, 6.07) is 8.09. The maximum Gasteiger partial charge on any atom is 0.277 e. The zero-order chi connectivity index (χ0) is 18.7. The number of hydrogen-bond donors (Lipinski definition) is 1. The summed E-state index contributed by atoms with van der Waals surface area (Å²) in [5, 5.41) is 15.5. The van der Waals surface area contributed by atoms with Crippen molar-refractivity contribution >= 4 is 33.7 Å². The lowest BCUT2D eigenvalue weighted by Gasteiger charge is -2.13. The molecule has 2 aromatic rings. The van der Waals surface area contributed by atoms with Crippen LogP contribution in [0.25, 0.3) is 10.8 Å². The Labute approximate surface area is 151 Å². The molecule has 26 heavy (non-hydrogen) atoms. The van der Waals surface area contributed by atoms with Crippen molar-refractivity contribution in [1.29, 1.82) is 0 Å². The number of nitrogens with one attached hydrogen (secondary N) is 1. The van der Waals surface area contributed by atoms with E-state index < -0.39 is 4.92 Å². The summed E-state index contributed by atoms with van der Waals surface area (Å²) >= 11 is 0. The summed E-state index contributed by atoms with van der Waals surface area (Å²) in [6.45, 7) is 2.01. The average Bonchev–Trinajstić information content (AvgIpc) is 3.03. The summed E-state index contributed by atoms with van der Waals surface area (Å²) in [6.07, 6.45) is 4.97. The van der Waals surface area contributed by atoms with Gasteiger partial charge in [0.2, 0.25) is 0 Å². The fourth-order valence-electron chi connectivity index (χ4n) is 3.14. The first-order chi connectivity index (χ1) is 12.5. The highest BCUT2D eigenvalue weighted by molar-refractivity contribution is 6.09. The van der Waals surface area contributed by atoms with E-state index in [1.54, 1.807) is 30.3 Å². The molecular weight excluding hydrogens is 332 g/mol. The summed E-state index contributed by atoms with van der Waals surface area (Å²) in [4.78, 5) is 35.5. The first-order valence-electron chi connectivity index (χ1n) is 8.76. The number of benzene rings is 2. The summed E-state index contributed by atoms with van der Waals surface area (Å²) in [5.41, 5.74) is 1.35. The van der Waals surface area contributed by atoms with Crippen LogP contribution in [0.1, 0.15) is 49.4 Å². The first-order valence-corrected chi connectivity index (χ1v) is 8.76. The lowest BCUT2D eigenvalue weighted by Crippen LogP contribution is -2.11. The van der Waals surface area contributed by atoms with E-state index in [1.807, 2.05) is 6.92 Å². The van der Waals surface area contributed by atoms with Crippen LogP contribution in [-0.2, 0) is 4.79 Å². The molecule has 1 N–H and O–H groups in total. The number of carbonyl (C=O) groups is 2. The molecule has 134 valence electrons. The molecule has 1 aliphatic rings. The van der Waals surface area contributed by atoms with Gasteiger partial charge >= 0.3 is 0 Å². The van der Waals surface area contributed by atoms with Crippen molar-refractivity contribution in [2.45, 2.75) is 39.0 Å². The number of anilines is 1. The number of nitro benzene ring substituents is 1. The second kappa shape index (κ2) is 7.47. The number of allylic oxidation sites excluding steroid dienone is 2. The molecule has 2 aromatic carbocycles. The standard InChI is InChI=1S/C20H20N2O4/c1-2-3-9-19(23)15-11-13-6-4-8-18(22(25)26)14(13)12-17(15)21-16-7-5-10-20(16)24/h4,6-8,11-12,21H,2-3,5,9-10H2,1H3. The number of Topliss-reactive ketones (excluding diaryl/α,β-unsaturated/α-hetero) is 2. The van der Waals surface area contributed by atoms with E-state index in [1.165, 1.54) is 6.07 Å². The molecule has 1 aliphatic carbocycles. The molecule has 0 amide bonds. The molecule has 0 saturated carbocycles. The van der Waals surface area contributed by atoms with Gasteiger partial charge in [0.1, 0.15) is 0 Å². The molecule has 0 aromatic heterocycles. The summed E-state index contributed by atoms with van der Waals surface area (Å²) in [5.74, 6) is -0.0478. The van der Waals surface area contributed by atoms with Gasteiger partial charge in [-0.2, -0.15) is 0 Å². The fourth-order valence-corrected chi connectivity index (χ4v) is 3.14. The first kappa shape index (κ1) is 17.8. The van der Waals surface area contributed by atoms with E-state index in [0.29, 0.717) is 47.0 Å². The number of nitrogens with zero attached hydrogens (tertiary/aromatic N) is 1. The molecule has 0 unspecified atom stereocenters. The molecular formula is C20H20N2O4. The minimum absolute atomic E-state index is 0.0142. The van der Waals surface area contributed by atoms with Crippen LogP contribution in [-0.4, -0.2) is 16.5 Å². The van der Waals surface area contributed by atoms with Crippen molar-refractivity contribution in [2.24, 2.45) is 0 Å². The Bertz CT molecular complexity index is 931. The van der Waals surface area contributed by atoms with Crippen LogP contribution in [0.15, 0.2) is 42.1 Å². The van der Waals surface area contributed by atoms with E-state index in [4.69, 9.17) is 0 Å². The molecule has 6 heteroatoms. The molecule has 0 fully saturated rings. The fraction of sp³-hybridized carbons (Fsp3) is 0.300. The van der Waals surface area contributed by atoms with Crippen LogP contribution < -0.4 is 5.32 Å². The van der Waals surface area contributed by atoms with E-state index in [-0.39, 0.29) is 17.3 Å². The molecule has 0 atom stereocenters. The average molecular weight is 352 g/mol. The number of rotatable bonds is 7. The third-order valence-corrected chi connectivity index (χ3v) is 4.54. The molecule has 3 rings (SSSR count). The smallest absolute Gasteiger partial charge is 0.277 e. The highest BCUT2D eigenvalue weighted by atomic mass is 16.6. The Hall–Kier alpha value is -3.02. The lowest BCUT2D eigenvalue weighted by atomic mass is 9.98. The van der Waals surface area contributed by atoms with Crippen molar-refractivity contribution < 1.29 is 14.5 Å². The van der Waals surface area contributed by atoms with Gasteiger partial charge in [0.05, 0.1) is 21.7 Å². The molecule has 0 aliphatic heterocycles. The summed E-state index contributed by atoms with van der Waals surface area (Å²) in [7, 11) is 0. The molecule has 0 saturated heterocycles. The Morgan fingerprint density at radius 3 is 2.77 bits per heavy atom. The number of ketones is 2. The Morgan fingerprint density at radius 1 is 1.31 bits per heavy atom. The summed E-state index contributed by atoms with van der Waals surface area (Å²) < 4.78 is 0. The van der Waals surface area contributed by atoms with Gasteiger partial charge < -0.3 is 5.32 Å². The number of non-ortho nitro benzene ring substituents is 1. The highest BCUT2D eigenvalue weighted by Gasteiger charge is 2.21. The number of nitro groups is 1. The van der Waals surface area contributed by atoms with Gasteiger partial charge in [0, 0.05) is 24.5 Å². The minimum atomic E-state index is -0.440. The van der Waals surface area contributed by atoms with E-state index in [0.717, 1.165) is 12.8 Å². The van der Waals surface area contributed by atoms with E-state index in [9.17, 15) is 19.7 Å². The number of hydrogen-bond acceptors (Lipinski definition) is 5. The minimum Gasteiger partial charge on any atom is -0.352 e. The van der Waals surface area contributed by atoms with Crippen molar-refractivity contribution in [3.05, 3.63) is 57.8 Å². The third kappa shape index (κ3) is 3.49. The van der Waals surface area contributed by atoms with Crippen molar-refractivity contribution in [2.75, 3.05) is 5.32 Å². The maximum atomic E-state index is 12.7. The van der Waals surface area contributed by atoms with Gasteiger partial charge in [-0.25, -0.2) is 0 Å². The van der Waals surface area contributed by atoms with Crippen LogP contribution in [0, 0.1) is 10.1 Å². The van der Waals surface area contributed by atoms with Gasteiger partial charge in [0.15, 0.2) is 11.6 Å². The molecule has 0 heterocycles. The predicted octanol–water partition coefficient (Wildman–Crippen LogP) is 4.78. The number of unbranched alkanes of at least 4 members (excludes halogenated alkanes) is 1. The van der Waals surface area contributed by atoms with Crippen LogP contribution in [0.3, 0.4) is 0 Å².